The number of halogens is 1. The fourth-order valence-electron chi connectivity index (χ4n) is 2.03. The van der Waals surface area contributed by atoms with E-state index < -0.39 is 6.10 Å². The first-order chi connectivity index (χ1) is 11.6. The molecule has 0 fully saturated rings. The van der Waals surface area contributed by atoms with Gasteiger partial charge in [0.15, 0.2) is 6.10 Å². The van der Waals surface area contributed by atoms with E-state index in [9.17, 15) is 4.79 Å². The molecule has 2 aromatic heterocycles. The van der Waals surface area contributed by atoms with Crippen LogP contribution in [0.4, 0.5) is 5.69 Å². The van der Waals surface area contributed by atoms with E-state index in [4.69, 9.17) is 4.74 Å². The Kier molecular flexibility index (Phi) is 4.90. The molecule has 0 aliphatic carbocycles. The number of benzene rings is 1. The number of nitrogens with zero attached hydrogens (tertiary/aromatic N) is 3. The number of rotatable bonds is 5. The molecular weight excluding hydrogens is 372 g/mol. The molecule has 1 N–H and O–H groups in total. The van der Waals surface area contributed by atoms with Crippen LogP contribution in [-0.4, -0.2) is 26.8 Å². The largest absolute Gasteiger partial charge is 0.463 e. The summed E-state index contributed by atoms with van der Waals surface area (Å²) in [6.45, 7) is 1.67. The fraction of sp³-hybridized carbons (Fsp3) is 0.118. The minimum absolute atomic E-state index is 0.274. The highest BCUT2D eigenvalue weighted by Crippen LogP contribution is 2.25. The van der Waals surface area contributed by atoms with E-state index in [0.717, 1.165) is 5.69 Å². The lowest BCUT2D eigenvalue weighted by Gasteiger charge is -2.13. The Morgan fingerprint density at radius 2 is 2.04 bits per heavy atom. The summed E-state index contributed by atoms with van der Waals surface area (Å²) >= 11 is 3.41. The van der Waals surface area contributed by atoms with E-state index >= 15 is 0 Å². The van der Waals surface area contributed by atoms with Gasteiger partial charge in [0.25, 0.3) is 5.91 Å². The lowest BCUT2D eigenvalue weighted by Crippen LogP contribution is -2.30. The smallest absolute Gasteiger partial charge is 0.265 e. The van der Waals surface area contributed by atoms with Gasteiger partial charge in [-0.05, 0) is 47.1 Å². The van der Waals surface area contributed by atoms with Crippen LogP contribution >= 0.6 is 15.9 Å². The predicted molar refractivity (Wildman–Crippen MR) is 94.2 cm³/mol. The van der Waals surface area contributed by atoms with Gasteiger partial charge in [0.2, 0.25) is 5.88 Å². The van der Waals surface area contributed by atoms with Crippen LogP contribution in [0.1, 0.15) is 6.92 Å². The van der Waals surface area contributed by atoms with E-state index in [1.54, 1.807) is 42.3 Å². The highest BCUT2D eigenvalue weighted by molar-refractivity contribution is 9.10. The van der Waals surface area contributed by atoms with Crippen LogP contribution in [0.15, 0.2) is 65.5 Å². The molecule has 0 radical (unpaired) electrons. The average Bonchev–Trinajstić information content (AvgIpc) is 2.97. The molecule has 0 saturated heterocycles. The normalized spacial score (nSPS) is 11.8. The van der Waals surface area contributed by atoms with Gasteiger partial charge in [-0.2, -0.15) is 0 Å². The summed E-state index contributed by atoms with van der Waals surface area (Å²) in [5.41, 5.74) is 1.52. The number of pyridine rings is 1. The number of anilines is 1. The van der Waals surface area contributed by atoms with Crippen molar-refractivity contribution in [1.82, 2.24) is 14.8 Å². The molecule has 0 aliphatic heterocycles. The van der Waals surface area contributed by atoms with Gasteiger partial charge < -0.3 is 10.1 Å². The fourth-order valence-corrected chi connectivity index (χ4v) is 2.40. The molecule has 0 unspecified atom stereocenters. The number of nitrogens with one attached hydrogen (secondary N) is 1. The van der Waals surface area contributed by atoms with Crippen LogP contribution in [-0.2, 0) is 4.79 Å². The molecule has 122 valence electrons. The minimum Gasteiger partial charge on any atom is -0.463 e. The van der Waals surface area contributed by atoms with Crippen LogP contribution in [0.25, 0.3) is 5.69 Å². The second-order valence-electron chi connectivity index (χ2n) is 5.05. The number of carbonyl (C=O) groups excluding carboxylic acids is 1. The zero-order chi connectivity index (χ0) is 16.9. The molecule has 7 heteroatoms. The average molecular weight is 387 g/mol. The Bertz CT molecular complexity index is 821. The summed E-state index contributed by atoms with van der Waals surface area (Å²) in [7, 11) is 0. The summed E-state index contributed by atoms with van der Waals surface area (Å²) in [6.07, 6.45) is 4.30. The van der Waals surface area contributed by atoms with E-state index in [1.807, 2.05) is 30.3 Å². The monoisotopic (exact) mass is 386 g/mol. The number of para-hydroxylation sites is 1. The van der Waals surface area contributed by atoms with Crippen molar-refractivity contribution in [2.75, 3.05) is 5.32 Å². The van der Waals surface area contributed by atoms with E-state index in [2.05, 4.69) is 31.3 Å². The quantitative estimate of drug-likeness (QED) is 0.728. The number of hydrogen-bond acceptors (Lipinski definition) is 4. The highest BCUT2D eigenvalue weighted by atomic mass is 79.9. The molecule has 0 bridgehead atoms. The maximum Gasteiger partial charge on any atom is 0.265 e. The zero-order valence-corrected chi connectivity index (χ0v) is 14.5. The van der Waals surface area contributed by atoms with Crippen molar-refractivity contribution < 1.29 is 9.53 Å². The SMILES string of the molecule is C[C@@H](Oc1nn(-c2ccccc2)cc1Br)C(=O)Nc1cccnc1. The topological polar surface area (TPSA) is 69.0 Å². The summed E-state index contributed by atoms with van der Waals surface area (Å²) in [5, 5.41) is 7.11. The van der Waals surface area contributed by atoms with Crippen molar-refractivity contribution >= 4 is 27.5 Å². The standard InChI is InChI=1S/C17H15BrN4O2/c1-12(16(23)20-13-6-5-9-19-10-13)24-17-15(18)11-22(21-17)14-7-3-2-4-8-14/h2-12H,1H3,(H,20,23)/t12-/m1/s1. The lowest BCUT2D eigenvalue weighted by molar-refractivity contribution is -0.122. The molecule has 1 atom stereocenters. The number of amides is 1. The number of ether oxygens (including phenoxy) is 1. The summed E-state index contributed by atoms with van der Waals surface area (Å²) < 4.78 is 8.03. The van der Waals surface area contributed by atoms with Crippen LogP contribution < -0.4 is 10.1 Å². The van der Waals surface area contributed by atoms with Crippen LogP contribution in [0.3, 0.4) is 0 Å². The molecule has 1 amide bonds. The third-order valence-corrected chi connectivity index (χ3v) is 3.79. The molecule has 2 heterocycles. The molecule has 1 aromatic carbocycles. The number of carbonyl (C=O) groups is 1. The first-order valence-electron chi connectivity index (χ1n) is 7.31. The van der Waals surface area contributed by atoms with Crippen molar-refractivity contribution in [3.05, 3.63) is 65.5 Å². The first-order valence-corrected chi connectivity index (χ1v) is 8.11. The maximum atomic E-state index is 12.2. The molecule has 6 nitrogen and oxygen atoms in total. The molecule has 3 aromatic rings. The van der Waals surface area contributed by atoms with Crippen molar-refractivity contribution in [3.63, 3.8) is 0 Å². The Balaban J connectivity index is 1.69. The van der Waals surface area contributed by atoms with Crippen molar-refractivity contribution in [2.24, 2.45) is 0 Å². The van der Waals surface area contributed by atoms with Gasteiger partial charge in [-0.25, -0.2) is 4.68 Å². The molecule has 24 heavy (non-hydrogen) atoms. The Hall–Kier alpha value is -2.67. The summed E-state index contributed by atoms with van der Waals surface area (Å²) in [5.74, 6) is 0.0804. The number of aromatic nitrogens is 3. The molecule has 0 spiro atoms. The van der Waals surface area contributed by atoms with E-state index in [1.165, 1.54) is 0 Å². The Morgan fingerprint density at radius 1 is 1.25 bits per heavy atom. The minimum atomic E-state index is -0.708. The van der Waals surface area contributed by atoms with E-state index in [-0.39, 0.29) is 5.91 Å². The highest BCUT2D eigenvalue weighted by Gasteiger charge is 2.18. The van der Waals surface area contributed by atoms with Crippen LogP contribution in [0.2, 0.25) is 0 Å². The molecule has 0 saturated carbocycles. The second-order valence-corrected chi connectivity index (χ2v) is 5.91. The third kappa shape index (κ3) is 3.80. The van der Waals surface area contributed by atoms with Gasteiger partial charge >= 0.3 is 0 Å². The Labute approximate surface area is 147 Å². The van der Waals surface area contributed by atoms with Gasteiger partial charge in [0.05, 0.1) is 22.0 Å². The lowest BCUT2D eigenvalue weighted by atomic mass is 10.3. The zero-order valence-electron chi connectivity index (χ0n) is 12.9. The predicted octanol–water partition coefficient (Wildman–Crippen LogP) is 3.44. The summed E-state index contributed by atoms with van der Waals surface area (Å²) in [4.78, 5) is 16.1. The van der Waals surface area contributed by atoms with Gasteiger partial charge in [-0.3, -0.25) is 9.78 Å². The van der Waals surface area contributed by atoms with Gasteiger partial charge in [0.1, 0.15) is 0 Å². The Morgan fingerprint density at radius 3 is 2.75 bits per heavy atom. The van der Waals surface area contributed by atoms with Crippen LogP contribution in [0.5, 0.6) is 5.88 Å². The van der Waals surface area contributed by atoms with Crippen molar-refractivity contribution in [3.8, 4) is 11.6 Å². The molecule has 0 aliphatic rings. The maximum absolute atomic E-state index is 12.2. The molecular formula is C17H15BrN4O2. The second kappa shape index (κ2) is 7.27. The van der Waals surface area contributed by atoms with Crippen molar-refractivity contribution in [2.45, 2.75) is 13.0 Å². The van der Waals surface area contributed by atoms with Crippen molar-refractivity contribution in [1.29, 1.82) is 0 Å². The van der Waals surface area contributed by atoms with Gasteiger partial charge in [-0.15, -0.1) is 5.10 Å². The van der Waals surface area contributed by atoms with Gasteiger partial charge in [-0.1, -0.05) is 18.2 Å². The van der Waals surface area contributed by atoms with Gasteiger partial charge in [0, 0.05) is 12.4 Å². The summed E-state index contributed by atoms with van der Waals surface area (Å²) in [6, 6.07) is 13.2. The van der Waals surface area contributed by atoms with Crippen LogP contribution in [0, 0.1) is 0 Å². The first kappa shape index (κ1) is 16.2. The van der Waals surface area contributed by atoms with E-state index in [0.29, 0.717) is 16.0 Å². The third-order valence-electron chi connectivity index (χ3n) is 3.25. The molecule has 3 rings (SSSR count). The number of hydrogen-bond donors (Lipinski definition) is 1.